The number of carbonyl (C=O) groups excluding carboxylic acids is 2. The molecule has 30 heavy (non-hydrogen) atoms. The molecular formula is C24H26N2O4. The van der Waals surface area contributed by atoms with E-state index in [2.05, 4.69) is 13.0 Å². The molecule has 0 fully saturated rings. The predicted octanol–water partition coefficient (Wildman–Crippen LogP) is 3.26. The molecule has 0 bridgehead atoms. The van der Waals surface area contributed by atoms with Crippen LogP contribution in [0.1, 0.15) is 24.5 Å². The Labute approximate surface area is 176 Å². The number of nitrogens with zero attached hydrogens (tertiary/aromatic N) is 2. The van der Waals surface area contributed by atoms with E-state index in [0.717, 1.165) is 29.8 Å². The zero-order valence-corrected chi connectivity index (χ0v) is 17.4. The quantitative estimate of drug-likeness (QED) is 0.630. The highest BCUT2D eigenvalue weighted by atomic mass is 16.5. The first-order valence-electron chi connectivity index (χ1n) is 10.3. The molecule has 0 unspecified atom stereocenters. The van der Waals surface area contributed by atoms with Gasteiger partial charge in [-0.1, -0.05) is 37.3 Å². The number of fused-ring (bicyclic) bond motifs is 1. The third kappa shape index (κ3) is 3.59. The summed E-state index contributed by atoms with van der Waals surface area (Å²) in [6.07, 6.45) is 1.77. The topological polar surface area (TPSA) is 59.1 Å². The predicted molar refractivity (Wildman–Crippen MR) is 115 cm³/mol. The fourth-order valence-electron chi connectivity index (χ4n) is 3.97. The average molecular weight is 406 g/mol. The maximum atomic E-state index is 13.3. The number of carbonyl (C=O) groups is 2. The van der Waals surface area contributed by atoms with E-state index in [0.29, 0.717) is 31.0 Å². The number of hydrogen-bond acceptors (Lipinski definition) is 5. The lowest BCUT2D eigenvalue weighted by Crippen LogP contribution is -2.37. The van der Waals surface area contributed by atoms with Crippen LogP contribution < -0.4 is 9.64 Å². The van der Waals surface area contributed by atoms with Crippen molar-refractivity contribution in [1.29, 1.82) is 0 Å². The number of benzene rings is 2. The van der Waals surface area contributed by atoms with E-state index in [9.17, 15) is 9.59 Å². The molecule has 0 saturated carbocycles. The van der Waals surface area contributed by atoms with E-state index in [1.165, 1.54) is 10.5 Å². The first-order chi connectivity index (χ1) is 14.7. The Kier molecular flexibility index (Phi) is 5.86. The van der Waals surface area contributed by atoms with Gasteiger partial charge >= 0.3 is 0 Å². The third-order valence-electron chi connectivity index (χ3n) is 5.44. The normalized spacial score (nSPS) is 15.9. The zero-order valence-electron chi connectivity index (χ0n) is 17.4. The number of rotatable bonds is 8. The molecule has 6 nitrogen and oxygen atoms in total. The number of hydrogen-bond donors (Lipinski definition) is 0. The molecule has 156 valence electrons. The molecule has 6 heteroatoms. The lowest BCUT2D eigenvalue weighted by atomic mass is 10.0. The van der Waals surface area contributed by atoms with Gasteiger partial charge < -0.3 is 14.4 Å². The molecule has 0 atom stereocenters. The van der Waals surface area contributed by atoms with Gasteiger partial charge in [0.15, 0.2) is 0 Å². The van der Waals surface area contributed by atoms with Crippen LogP contribution in [0.3, 0.4) is 0 Å². The average Bonchev–Trinajstić information content (AvgIpc) is 3.29. The molecule has 2 aromatic rings. The van der Waals surface area contributed by atoms with Crippen LogP contribution in [0, 0.1) is 0 Å². The Morgan fingerprint density at radius 3 is 2.47 bits per heavy atom. The van der Waals surface area contributed by atoms with Gasteiger partial charge in [0.2, 0.25) is 0 Å². The van der Waals surface area contributed by atoms with Gasteiger partial charge in [0.1, 0.15) is 11.4 Å². The van der Waals surface area contributed by atoms with Crippen molar-refractivity contribution in [2.75, 3.05) is 38.3 Å². The lowest BCUT2D eigenvalue weighted by Gasteiger charge is -2.21. The largest absolute Gasteiger partial charge is 0.494 e. The molecule has 0 saturated heterocycles. The van der Waals surface area contributed by atoms with Crippen molar-refractivity contribution in [3.63, 3.8) is 0 Å². The molecule has 2 aliphatic rings. The van der Waals surface area contributed by atoms with Gasteiger partial charge in [-0.2, -0.15) is 0 Å². The summed E-state index contributed by atoms with van der Waals surface area (Å²) >= 11 is 0. The maximum Gasteiger partial charge on any atom is 0.278 e. The Balaban J connectivity index is 1.76. The van der Waals surface area contributed by atoms with E-state index < -0.39 is 0 Å². The van der Waals surface area contributed by atoms with Crippen molar-refractivity contribution in [3.05, 3.63) is 65.4 Å². The molecule has 2 amide bonds. The number of methoxy groups -OCH3 is 1. The van der Waals surface area contributed by atoms with Crippen LogP contribution in [0.4, 0.5) is 5.69 Å². The van der Waals surface area contributed by atoms with Gasteiger partial charge in [0, 0.05) is 19.3 Å². The molecule has 0 N–H and O–H groups in total. The van der Waals surface area contributed by atoms with Crippen LogP contribution in [0.5, 0.6) is 5.75 Å². The number of anilines is 1. The van der Waals surface area contributed by atoms with E-state index in [1.54, 1.807) is 7.11 Å². The molecule has 2 aliphatic heterocycles. The molecule has 2 aromatic carbocycles. The minimum absolute atomic E-state index is 0.231. The highest BCUT2D eigenvalue weighted by Gasteiger charge is 2.42. The van der Waals surface area contributed by atoms with Gasteiger partial charge in [-0.15, -0.1) is 0 Å². The van der Waals surface area contributed by atoms with Crippen molar-refractivity contribution in [2.45, 2.75) is 19.8 Å². The monoisotopic (exact) mass is 406 g/mol. The number of imide groups is 1. The lowest BCUT2D eigenvalue weighted by molar-refractivity contribution is -0.137. The van der Waals surface area contributed by atoms with E-state index in [4.69, 9.17) is 9.47 Å². The Morgan fingerprint density at radius 2 is 1.73 bits per heavy atom. The van der Waals surface area contributed by atoms with Gasteiger partial charge in [-0.05, 0) is 42.2 Å². The Morgan fingerprint density at radius 1 is 0.967 bits per heavy atom. The summed E-state index contributed by atoms with van der Waals surface area (Å²) in [5.41, 5.74) is 3.78. The van der Waals surface area contributed by atoms with E-state index in [-0.39, 0.29) is 18.4 Å². The molecule has 0 radical (unpaired) electrons. The molecule has 0 spiro atoms. The standard InChI is InChI=1S/C24H26N2O4/c1-3-15-30-19-10-8-18(9-11-19)21-22(24(28)26(23(21)27)14-16-29-2)25-13-12-17-6-4-5-7-20(17)25/h4-11H,3,12-16H2,1-2H3. The number of amides is 2. The summed E-state index contributed by atoms with van der Waals surface area (Å²) in [6.45, 7) is 3.90. The highest BCUT2D eigenvalue weighted by molar-refractivity contribution is 6.36. The van der Waals surface area contributed by atoms with Crippen LogP contribution in [-0.2, 0) is 20.7 Å². The summed E-state index contributed by atoms with van der Waals surface area (Å²) in [4.78, 5) is 29.9. The Bertz CT molecular complexity index is 981. The SMILES string of the molecule is CCCOc1ccc(C2=C(N3CCc4ccccc43)C(=O)N(CCOC)C2=O)cc1. The Hall–Kier alpha value is -3.12. The first-order valence-corrected chi connectivity index (χ1v) is 10.3. The van der Waals surface area contributed by atoms with Gasteiger partial charge in [-0.25, -0.2) is 0 Å². The van der Waals surface area contributed by atoms with Gasteiger partial charge in [0.25, 0.3) is 11.8 Å². The summed E-state index contributed by atoms with van der Waals surface area (Å²) < 4.78 is 10.8. The molecule has 4 rings (SSSR count). The smallest absolute Gasteiger partial charge is 0.278 e. The summed E-state index contributed by atoms with van der Waals surface area (Å²) in [5, 5.41) is 0. The molecule has 0 aliphatic carbocycles. The number of para-hydroxylation sites is 1. The first kappa shape index (κ1) is 20.2. The summed E-state index contributed by atoms with van der Waals surface area (Å²) in [7, 11) is 1.56. The molecule has 0 aromatic heterocycles. The maximum absolute atomic E-state index is 13.3. The fraction of sp³-hybridized carbons (Fsp3) is 0.333. The van der Waals surface area contributed by atoms with E-state index >= 15 is 0 Å². The second-order valence-corrected chi connectivity index (χ2v) is 7.38. The van der Waals surface area contributed by atoms with Crippen LogP contribution in [-0.4, -0.2) is 50.1 Å². The minimum atomic E-state index is -0.279. The fourth-order valence-corrected chi connectivity index (χ4v) is 3.97. The van der Waals surface area contributed by atoms with Crippen molar-refractivity contribution in [2.24, 2.45) is 0 Å². The van der Waals surface area contributed by atoms with Crippen molar-refractivity contribution >= 4 is 23.1 Å². The van der Waals surface area contributed by atoms with Gasteiger partial charge in [0.05, 0.1) is 25.3 Å². The summed E-state index contributed by atoms with van der Waals surface area (Å²) in [6, 6.07) is 15.4. The molecule has 2 heterocycles. The zero-order chi connectivity index (χ0) is 21.1. The van der Waals surface area contributed by atoms with Crippen molar-refractivity contribution in [3.8, 4) is 5.75 Å². The van der Waals surface area contributed by atoms with Crippen LogP contribution in [0.15, 0.2) is 54.2 Å². The van der Waals surface area contributed by atoms with Crippen molar-refractivity contribution in [1.82, 2.24) is 4.90 Å². The second kappa shape index (κ2) is 8.71. The minimum Gasteiger partial charge on any atom is -0.494 e. The second-order valence-electron chi connectivity index (χ2n) is 7.38. The van der Waals surface area contributed by atoms with E-state index in [1.807, 2.05) is 47.4 Å². The van der Waals surface area contributed by atoms with Crippen molar-refractivity contribution < 1.29 is 19.1 Å². The highest BCUT2D eigenvalue weighted by Crippen LogP contribution is 2.38. The van der Waals surface area contributed by atoms with Crippen LogP contribution >= 0.6 is 0 Å². The number of ether oxygens (including phenoxy) is 2. The van der Waals surface area contributed by atoms with Gasteiger partial charge in [-0.3, -0.25) is 14.5 Å². The van der Waals surface area contributed by atoms with Crippen LogP contribution in [0.2, 0.25) is 0 Å². The van der Waals surface area contributed by atoms with Crippen LogP contribution in [0.25, 0.3) is 5.57 Å². The summed E-state index contributed by atoms with van der Waals surface area (Å²) in [5.74, 6) is 0.205. The molecular weight excluding hydrogens is 380 g/mol. The third-order valence-corrected chi connectivity index (χ3v) is 5.44.